The maximum absolute atomic E-state index is 13.6. The van der Waals surface area contributed by atoms with Gasteiger partial charge in [-0.25, -0.2) is 19.9 Å². The molecule has 0 atom stereocenters. The van der Waals surface area contributed by atoms with Gasteiger partial charge in [-0.05, 0) is 36.6 Å². The Morgan fingerprint density at radius 2 is 1.86 bits per heavy atom. The van der Waals surface area contributed by atoms with Crippen molar-refractivity contribution in [2.45, 2.75) is 13.3 Å². The minimum atomic E-state index is -0.0962. The molecule has 0 saturated carbocycles. The van der Waals surface area contributed by atoms with Crippen LogP contribution < -0.4 is 16.6 Å². The quantitative estimate of drug-likeness (QED) is 0.373. The van der Waals surface area contributed by atoms with Crippen LogP contribution in [0.5, 0.6) is 0 Å². The lowest BCUT2D eigenvalue weighted by molar-refractivity contribution is 0.808. The summed E-state index contributed by atoms with van der Waals surface area (Å²) in [7, 11) is 0. The molecule has 36 heavy (non-hydrogen) atoms. The van der Waals surface area contributed by atoms with Gasteiger partial charge in [-0.1, -0.05) is 36.3 Å². The van der Waals surface area contributed by atoms with Crippen molar-refractivity contribution in [3.63, 3.8) is 0 Å². The summed E-state index contributed by atoms with van der Waals surface area (Å²) in [4.78, 5) is 34.9. The Bertz CT molecular complexity index is 1650. The van der Waals surface area contributed by atoms with Crippen LogP contribution in [0.15, 0.2) is 78.2 Å². The fraction of sp³-hybridized carbons (Fsp3) is 0.111. The number of rotatable bonds is 5. The molecule has 3 N–H and O–H groups in total. The smallest absolute Gasteiger partial charge is 0.266 e. The van der Waals surface area contributed by atoms with Crippen molar-refractivity contribution in [2.24, 2.45) is 0 Å². The maximum atomic E-state index is 13.6. The van der Waals surface area contributed by atoms with Crippen LogP contribution in [0.1, 0.15) is 22.6 Å². The summed E-state index contributed by atoms with van der Waals surface area (Å²) < 4.78 is 1.67. The molecule has 3 heterocycles. The summed E-state index contributed by atoms with van der Waals surface area (Å²) in [6.07, 6.45) is 6.54. The van der Waals surface area contributed by atoms with Gasteiger partial charge in [0.05, 0.1) is 22.8 Å². The van der Waals surface area contributed by atoms with E-state index in [-0.39, 0.29) is 11.4 Å². The number of nitrogens with zero attached hydrogens (tertiary/aromatic N) is 6. The molecule has 0 aliphatic rings. The van der Waals surface area contributed by atoms with Crippen molar-refractivity contribution in [3.05, 3.63) is 106 Å². The first-order valence-corrected chi connectivity index (χ1v) is 11.3. The molecule has 9 nitrogen and oxygen atoms in total. The zero-order valence-electron chi connectivity index (χ0n) is 19.5. The third-order valence-electron chi connectivity index (χ3n) is 5.59. The van der Waals surface area contributed by atoms with E-state index in [0.717, 1.165) is 11.3 Å². The normalized spacial score (nSPS) is 10.6. The number of nitrogen functional groups attached to an aromatic ring is 1. The van der Waals surface area contributed by atoms with Gasteiger partial charge >= 0.3 is 0 Å². The molecule has 9 heteroatoms. The molecule has 0 saturated heterocycles. The second kappa shape index (κ2) is 10.0. The van der Waals surface area contributed by atoms with E-state index in [1.807, 2.05) is 55.5 Å². The highest BCUT2D eigenvalue weighted by Gasteiger charge is 2.15. The first-order valence-electron chi connectivity index (χ1n) is 11.3. The molecule has 0 unspecified atom stereocenters. The first kappa shape index (κ1) is 22.7. The Kier molecular flexibility index (Phi) is 6.32. The first-order chi connectivity index (χ1) is 17.6. The maximum Gasteiger partial charge on any atom is 0.266 e. The van der Waals surface area contributed by atoms with Crippen molar-refractivity contribution in [1.82, 2.24) is 29.5 Å². The number of para-hydroxylation sites is 1. The molecule has 5 aromatic rings. The van der Waals surface area contributed by atoms with Gasteiger partial charge in [-0.15, -0.1) is 0 Å². The Labute approximate surface area is 207 Å². The minimum Gasteiger partial charge on any atom is -0.382 e. The number of hydrogen-bond donors (Lipinski definition) is 2. The SMILES string of the molecule is Cc1cccc2nc(CCNc3ncnc(N)c3C#Cc3cnccn3)n(-c3ccccc3)c(=O)c12. The zero-order chi connectivity index (χ0) is 24.9. The largest absolute Gasteiger partial charge is 0.382 e. The summed E-state index contributed by atoms with van der Waals surface area (Å²) in [6, 6.07) is 15.2. The van der Waals surface area contributed by atoms with Crippen LogP contribution in [0, 0.1) is 18.8 Å². The Morgan fingerprint density at radius 3 is 2.67 bits per heavy atom. The van der Waals surface area contributed by atoms with Gasteiger partial charge < -0.3 is 11.1 Å². The van der Waals surface area contributed by atoms with Crippen molar-refractivity contribution < 1.29 is 0 Å². The summed E-state index contributed by atoms with van der Waals surface area (Å²) in [6.45, 7) is 2.36. The average molecular weight is 475 g/mol. The second-order valence-corrected chi connectivity index (χ2v) is 7.97. The van der Waals surface area contributed by atoms with E-state index in [1.54, 1.807) is 23.2 Å². The molecule has 0 radical (unpaired) electrons. The van der Waals surface area contributed by atoms with Crippen molar-refractivity contribution in [3.8, 4) is 17.5 Å². The van der Waals surface area contributed by atoms with Crippen LogP contribution in [-0.4, -0.2) is 36.0 Å². The molecule has 0 spiro atoms. The molecule has 0 aliphatic heterocycles. The molecular weight excluding hydrogens is 452 g/mol. The van der Waals surface area contributed by atoms with E-state index >= 15 is 0 Å². The number of anilines is 2. The second-order valence-electron chi connectivity index (χ2n) is 7.97. The van der Waals surface area contributed by atoms with Gasteiger partial charge in [-0.3, -0.25) is 14.3 Å². The van der Waals surface area contributed by atoms with Crippen LogP contribution in [-0.2, 0) is 6.42 Å². The van der Waals surface area contributed by atoms with E-state index in [4.69, 9.17) is 10.7 Å². The van der Waals surface area contributed by atoms with Crippen molar-refractivity contribution >= 4 is 22.5 Å². The Balaban J connectivity index is 1.47. The Morgan fingerprint density at radius 1 is 1.00 bits per heavy atom. The number of aromatic nitrogens is 6. The van der Waals surface area contributed by atoms with Gasteiger partial charge in [0.1, 0.15) is 35.0 Å². The standard InChI is InChI=1S/C27H22N8O/c1-18-6-5-9-22-24(18)27(36)35(20-7-3-2-4-8-20)23(34-22)12-13-31-26-21(25(28)32-17-33-26)11-10-19-16-29-14-15-30-19/h2-9,14-17H,12-13H2,1H3,(H3,28,31,32,33). The summed E-state index contributed by atoms with van der Waals surface area (Å²) in [5.41, 5.74) is 9.28. The summed E-state index contributed by atoms with van der Waals surface area (Å²) in [5.74, 6) is 7.29. The Hall–Kier alpha value is -5.10. The lowest BCUT2D eigenvalue weighted by Crippen LogP contribution is -2.26. The van der Waals surface area contributed by atoms with Gasteiger partial charge in [0.2, 0.25) is 0 Å². The number of nitrogens with one attached hydrogen (secondary N) is 1. The van der Waals surface area contributed by atoms with E-state index < -0.39 is 0 Å². The number of aryl methyl sites for hydroxylation is 1. The van der Waals surface area contributed by atoms with Crippen molar-refractivity contribution in [1.29, 1.82) is 0 Å². The van der Waals surface area contributed by atoms with Crippen LogP contribution in [0.4, 0.5) is 11.6 Å². The van der Waals surface area contributed by atoms with E-state index in [1.165, 1.54) is 6.33 Å². The predicted octanol–water partition coefficient (Wildman–Crippen LogP) is 2.91. The molecule has 5 rings (SSSR count). The van der Waals surface area contributed by atoms with Crippen LogP contribution >= 0.6 is 0 Å². The fourth-order valence-electron chi connectivity index (χ4n) is 3.89. The summed E-state index contributed by atoms with van der Waals surface area (Å²) in [5, 5.41) is 3.89. The zero-order valence-corrected chi connectivity index (χ0v) is 19.5. The lowest BCUT2D eigenvalue weighted by Gasteiger charge is -2.15. The van der Waals surface area contributed by atoms with Crippen LogP contribution in [0.25, 0.3) is 16.6 Å². The number of nitrogens with two attached hydrogens (primary N) is 1. The predicted molar refractivity (Wildman–Crippen MR) is 139 cm³/mol. The van der Waals surface area contributed by atoms with Gasteiger partial charge in [0.15, 0.2) is 0 Å². The molecule has 176 valence electrons. The monoisotopic (exact) mass is 474 g/mol. The van der Waals surface area contributed by atoms with E-state index in [0.29, 0.717) is 46.8 Å². The molecule has 0 bridgehead atoms. The average Bonchev–Trinajstić information content (AvgIpc) is 2.89. The van der Waals surface area contributed by atoms with Crippen LogP contribution in [0.2, 0.25) is 0 Å². The molecular formula is C27H22N8O. The van der Waals surface area contributed by atoms with Gasteiger partial charge in [0, 0.05) is 25.4 Å². The van der Waals surface area contributed by atoms with Crippen LogP contribution in [0.3, 0.4) is 0 Å². The minimum absolute atomic E-state index is 0.0962. The third-order valence-corrected chi connectivity index (χ3v) is 5.59. The van der Waals surface area contributed by atoms with Gasteiger partial charge in [0.25, 0.3) is 5.56 Å². The van der Waals surface area contributed by atoms with Gasteiger partial charge in [-0.2, -0.15) is 0 Å². The number of fused-ring (bicyclic) bond motifs is 1. The van der Waals surface area contributed by atoms with E-state index in [9.17, 15) is 4.79 Å². The highest BCUT2D eigenvalue weighted by atomic mass is 16.1. The molecule has 3 aromatic heterocycles. The molecule has 0 amide bonds. The third kappa shape index (κ3) is 4.60. The lowest BCUT2D eigenvalue weighted by atomic mass is 10.1. The topological polar surface area (TPSA) is 124 Å². The number of hydrogen-bond acceptors (Lipinski definition) is 8. The fourth-order valence-corrected chi connectivity index (χ4v) is 3.89. The van der Waals surface area contributed by atoms with Crippen molar-refractivity contribution in [2.75, 3.05) is 17.6 Å². The number of benzene rings is 2. The van der Waals surface area contributed by atoms with E-state index in [2.05, 4.69) is 37.1 Å². The molecule has 0 aliphatic carbocycles. The molecule has 0 fully saturated rings. The summed E-state index contributed by atoms with van der Waals surface area (Å²) >= 11 is 0. The highest BCUT2D eigenvalue weighted by molar-refractivity contribution is 5.81. The molecule has 2 aromatic carbocycles. The highest BCUT2D eigenvalue weighted by Crippen LogP contribution is 2.18.